The molecule has 0 saturated heterocycles. The van der Waals surface area contributed by atoms with Crippen molar-refractivity contribution < 1.29 is 22.8 Å². The second-order valence-electron chi connectivity index (χ2n) is 7.50. The van der Waals surface area contributed by atoms with E-state index in [1.165, 1.54) is 24.6 Å². The minimum Gasteiger partial charge on any atom is -0.327 e. The van der Waals surface area contributed by atoms with Gasteiger partial charge in [-0.1, -0.05) is 24.8 Å². The predicted octanol–water partition coefficient (Wildman–Crippen LogP) is 4.64. The summed E-state index contributed by atoms with van der Waals surface area (Å²) in [7, 11) is 1.90. The maximum Gasteiger partial charge on any atom is 0.446 e. The molecule has 3 rings (SSSR count). The zero-order valence-corrected chi connectivity index (χ0v) is 18.3. The zero-order valence-electron chi connectivity index (χ0n) is 18.3. The molecule has 1 aromatic heterocycles. The zero-order chi connectivity index (χ0) is 24.4. The maximum atomic E-state index is 12.6. The number of allylic oxidation sites excluding steroid dienone is 2. The van der Waals surface area contributed by atoms with Crippen molar-refractivity contribution in [2.45, 2.75) is 38.3 Å². The highest BCUT2D eigenvalue weighted by Gasteiger charge is 2.25. The normalized spacial score (nSPS) is 13.2. The molecule has 0 fully saturated rings. The quantitative estimate of drug-likeness (QED) is 0.465. The van der Waals surface area contributed by atoms with Crippen LogP contribution in [-0.4, -0.2) is 41.8 Å². The highest BCUT2D eigenvalue weighted by atomic mass is 19.4. The molecular formula is C24H25F3N4O2. The summed E-state index contributed by atoms with van der Waals surface area (Å²) < 4.78 is 31.2. The van der Waals surface area contributed by atoms with Gasteiger partial charge in [-0.25, -0.2) is 4.98 Å². The van der Waals surface area contributed by atoms with E-state index in [4.69, 9.17) is 10.1 Å². The molecule has 174 valence electrons. The van der Waals surface area contributed by atoms with Crippen LogP contribution in [-0.2, 0) is 11.2 Å². The van der Waals surface area contributed by atoms with Crippen molar-refractivity contribution in [1.29, 1.82) is 5.26 Å². The number of rotatable bonds is 7. The fraction of sp³-hybridized carbons (Fsp3) is 0.333. The highest BCUT2D eigenvalue weighted by Crippen LogP contribution is 2.31. The Balaban J connectivity index is 0.000000569. The minimum atomic E-state index is -4.64. The molecule has 0 unspecified atom stereocenters. The Kier molecular flexibility index (Phi) is 9.30. The van der Waals surface area contributed by atoms with E-state index < -0.39 is 12.5 Å². The number of alkyl halides is 3. The first kappa shape index (κ1) is 25.7. The summed E-state index contributed by atoms with van der Waals surface area (Å²) in [6.45, 7) is 4.88. The predicted molar refractivity (Wildman–Crippen MR) is 119 cm³/mol. The molecule has 0 saturated carbocycles. The molecule has 1 aliphatic rings. The van der Waals surface area contributed by atoms with E-state index in [2.05, 4.69) is 34.0 Å². The van der Waals surface area contributed by atoms with Gasteiger partial charge in [0.15, 0.2) is 5.82 Å². The summed E-state index contributed by atoms with van der Waals surface area (Å²) in [6, 6.07) is 8.17. The fourth-order valence-electron chi connectivity index (χ4n) is 3.42. The van der Waals surface area contributed by atoms with E-state index in [1.54, 1.807) is 0 Å². The molecule has 1 heterocycles. The number of aldehydes is 1. The number of likely N-dealkylation sites (N-methyl/N-ethyl adjacent to an activating group) is 1. The topological polar surface area (TPSA) is 98.6 Å². The first-order valence-corrected chi connectivity index (χ1v) is 10.3. The van der Waals surface area contributed by atoms with Gasteiger partial charge in [-0.15, -0.1) is 0 Å². The van der Waals surface area contributed by atoms with Crippen LogP contribution in [0.4, 0.5) is 13.2 Å². The van der Waals surface area contributed by atoms with Gasteiger partial charge in [0.05, 0.1) is 6.20 Å². The van der Waals surface area contributed by atoms with Crippen LogP contribution in [0.15, 0.2) is 37.1 Å². The van der Waals surface area contributed by atoms with Crippen LogP contribution >= 0.6 is 0 Å². The Morgan fingerprint density at radius 3 is 2.64 bits per heavy atom. The van der Waals surface area contributed by atoms with E-state index in [0.717, 1.165) is 41.6 Å². The average Bonchev–Trinajstić information content (AvgIpc) is 3.29. The van der Waals surface area contributed by atoms with Crippen LogP contribution in [0, 0.1) is 11.3 Å². The molecule has 0 radical (unpaired) electrons. The number of aromatic amines is 1. The number of carbonyl (C=O) groups excluding carboxylic acids is 2. The van der Waals surface area contributed by atoms with Gasteiger partial charge in [-0.05, 0) is 66.6 Å². The van der Waals surface area contributed by atoms with Crippen molar-refractivity contribution in [3.8, 4) is 6.07 Å². The van der Waals surface area contributed by atoms with Crippen molar-refractivity contribution in [2.75, 3.05) is 13.6 Å². The van der Waals surface area contributed by atoms with Gasteiger partial charge >= 0.3 is 6.18 Å². The van der Waals surface area contributed by atoms with Gasteiger partial charge in [0.1, 0.15) is 11.8 Å². The number of nitriles is 1. The van der Waals surface area contributed by atoms with Crippen molar-refractivity contribution in [2.24, 2.45) is 0 Å². The van der Waals surface area contributed by atoms with Gasteiger partial charge < -0.3 is 10.3 Å². The van der Waals surface area contributed by atoms with Crippen LogP contribution in [0.2, 0.25) is 0 Å². The number of nitrogens with one attached hydrogen (secondary N) is 2. The van der Waals surface area contributed by atoms with Crippen LogP contribution in [0.5, 0.6) is 0 Å². The van der Waals surface area contributed by atoms with Crippen LogP contribution in [0.1, 0.15) is 58.7 Å². The number of hydrogen-bond donors (Lipinski definition) is 2. The van der Waals surface area contributed by atoms with Gasteiger partial charge in [-0.2, -0.15) is 18.4 Å². The van der Waals surface area contributed by atoms with Crippen molar-refractivity contribution in [1.82, 2.24) is 15.3 Å². The Bertz CT molecular complexity index is 1080. The Labute approximate surface area is 190 Å². The summed E-state index contributed by atoms with van der Waals surface area (Å²) in [5, 5.41) is 12.0. The number of carbonyl (C=O) groups is 2. The number of nitrogens with zero attached hydrogens (tertiary/aromatic N) is 2. The number of Topliss-reactive ketones (excluding diaryl/α,β-unsaturated/α-hetero) is 1. The van der Waals surface area contributed by atoms with E-state index in [9.17, 15) is 18.0 Å². The highest BCUT2D eigenvalue weighted by molar-refractivity contribution is 5.95. The van der Waals surface area contributed by atoms with Crippen LogP contribution in [0.3, 0.4) is 0 Å². The Morgan fingerprint density at radius 2 is 2.09 bits per heavy atom. The molecule has 1 aromatic carbocycles. The third-order valence-electron chi connectivity index (χ3n) is 4.99. The number of H-pyrrole nitrogens is 1. The van der Waals surface area contributed by atoms with Crippen molar-refractivity contribution in [3.63, 3.8) is 0 Å². The van der Waals surface area contributed by atoms with E-state index >= 15 is 0 Å². The molecule has 6 nitrogen and oxygen atoms in total. The molecule has 2 N–H and O–H groups in total. The Hall–Kier alpha value is -3.51. The second-order valence-corrected chi connectivity index (χ2v) is 7.50. The molecule has 0 aliphatic heterocycles. The maximum absolute atomic E-state index is 12.6. The second kappa shape index (κ2) is 11.9. The number of hydrogen-bond acceptors (Lipinski definition) is 5. The van der Waals surface area contributed by atoms with Gasteiger partial charge in [0, 0.05) is 13.0 Å². The average molecular weight is 458 g/mol. The largest absolute Gasteiger partial charge is 0.446 e. The SMILES string of the molecule is C=C(CNC)c1ccc(CC(=O)c2ncc(C#N)[nH]2)c(C2=CCCCC2)c1.O=CC(F)(F)F. The molecule has 0 spiro atoms. The smallest absolute Gasteiger partial charge is 0.327 e. The summed E-state index contributed by atoms with van der Waals surface area (Å²) in [6.07, 6.45) is 2.73. The van der Waals surface area contributed by atoms with Gasteiger partial charge in [0.2, 0.25) is 12.1 Å². The molecule has 0 amide bonds. The molecule has 33 heavy (non-hydrogen) atoms. The Morgan fingerprint density at radius 1 is 1.36 bits per heavy atom. The lowest BCUT2D eigenvalue weighted by Crippen LogP contribution is -2.11. The summed E-state index contributed by atoms with van der Waals surface area (Å²) in [5.41, 5.74) is 5.84. The van der Waals surface area contributed by atoms with Crippen molar-refractivity contribution >= 4 is 23.2 Å². The van der Waals surface area contributed by atoms with E-state index in [0.29, 0.717) is 5.69 Å². The molecule has 0 bridgehead atoms. The monoisotopic (exact) mass is 458 g/mol. The summed E-state index contributed by atoms with van der Waals surface area (Å²) >= 11 is 0. The lowest BCUT2D eigenvalue weighted by Gasteiger charge is -2.18. The van der Waals surface area contributed by atoms with Crippen molar-refractivity contribution in [3.05, 3.63) is 65.3 Å². The van der Waals surface area contributed by atoms with Gasteiger partial charge in [-0.3, -0.25) is 9.59 Å². The first-order valence-electron chi connectivity index (χ1n) is 10.3. The molecule has 1 aliphatic carbocycles. The molecule has 2 aromatic rings. The summed E-state index contributed by atoms with van der Waals surface area (Å²) in [5.74, 6) is 0.120. The number of benzene rings is 1. The van der Waals surface area contributed by atoms with Crippen LogP contribution in [0.25, 0.3) is 11.1 Å². The first-order chi connectivity index (χ1) is 15.7. The lowest BCUT2D eigenvalue weighted by atomic mass is 9.87. The van der Waals surface area contributed by atoms with Gasteiger partial charge in [0.25, 0.3) is 0 Å². The number of imidazole rings is 1. The van der Waals surface area contributed by atoms with E-state index in [1.807, 2.05) is 25.2 Å². The lowest BCUT2D eigenvalue weighted by molar-refractivity contribution is -0.156. The number of aromatic nitrogens is 2. The summed E-state index contributed by atoms with van der Waals surface area (Å²) in [4.78, 5) is 28.2. The standard InChI is InChI=1S/C22H24N4O.C2HF3O/c1-15(13-24-2)17-8-9-18(20(10-17)16-6-4-3-5-7-16)11-21(27)22-25-14-19(12-23)26-22;3-2(4,5)1-6/h6,8-10,14,24H,1,3-5,7,11,13H2,2H3,(H,25,26);1H. The third-order valence-corrected chi connectivity index (χ3v) is 4.99. The fourth-order valence-corrected chi connectivity index (χ4v) is 3.42. The molecule has 9 heteroatoms. The van der Waals surface area contributed by atoms with Crippen LogP contribution < -0.4 is 5.32 Å². The number of halogens is 3. The minimum absolute atomic E-state index is 0.115. The third kappa shape index (κ3) is 7.84. The molecule has 0 atom stereocenters. The van der Waals surface area contributed by atoms with E-state index in [-0.39, 0.29) is 18.0 Å². The molecular weight excluding hydrogens is 433 g/mol. The number of ketones is 1.